The molecule has 0 saturated carbocycles. The molecule has 0 fully saturated rings. The van der Waals surface area contributed by atoms with E-state index in [-0.39, 0.29) is 0 Å². The molecule has 4 heteroatoms. The molecule has 0 unspecified atom stereocenters. The normalized spacial score (nSPS) is 10.0. The number of thiophene rings is 1. The van der Waals surface area contributed by atoms with Crippen molar-refractivity contribution >= 4 is 11.3 Å². The molecule has 0 atom stereocenters. The summed E-state index contributed by atoms with van der Waals surface area (Å²) in [6, 6.07) is 1.97. The highest BCUT2D eigenvalue weighted by atomic mass is 32.1. The van der Waals surface area contributed by atoms with Gasteiger partial charge in [-0.2, -0.15) is 11.3 Å². The van der Waals surface area contributed by atoms with Crippen molar-refractivity contribution in [2.45, 2.75) is 0 Å². The fraction of sp³-hybridized carbons (Fsp3) is 0. The van der Waals surface area contributed by atoms with E-state index in [1.54, 1.807) is 17.5 Å². The van der Waals surface area contributed by atoms with Crippen molar-refractivity contribution in [3.8, 4) is 11.3 Å². The summed E-state index contributed by atoms with van der Waals surface area (Å²) in [6.45, 7) is 0. The lowest BCUT2D eigenvalue weighted by Gasteiger charge is -1.81. The van der Waals surface area contributed by atoms with Crippen LogP contribution in [0.3, 0.4) is 0 Å². The van der Waals surface area contributed by atoms with Gasteiger partial charge < -0.3 is 4.52 Å². The zero-order chi connectivity index (χ0) is 6.81. The Morgan fingerprint density at radius 1 is 1.50 bits per heavy atom. The third-order valence-corrected chi connectivity index (χ3v) is 1.85. The Balaban J connectivity index is 2.48. The molecule has 0 aliphatic rings. The Bertz CT molecular complexity index is 255. The Labute approximate surface area is 61.3 Å². The van der Waals surface area contributed by atoms with Gasteiger partial charge in [0.05, 0.1) is 6.20 Å². The minimum atomic E-state index is 0.723. The van der Waals surface area contributed by atoms with Gasteiger partial charge in [0, 0.05) is 16.2 Å². The number of rotatable bonds is 1. The topological polar surface area (TPSA) is 38.9 Å². The maximum Gasteiger partial charge on any atom is 0.188 e. The third-order valence-electron chi connectivity index (χ3n) is 1.17. The van der Waals surface area contributed by atoms with E-state index < -0.39 is 0 Å². The molecule has 0 N–H and O–H groups in total. The van der Waals surface area contributed by atoms with E-state index in [1.807, 2.05) is 16.8 Å². The molecule has 0 spiro atoms. The molecule has 50 valence electrons. The van der Waals surface area contributed by atoms with E-state index in [2.05, 4.69) is 10.4 Å². The van der Waals surface area contributed by atoms with Crippen molar-refractivity contribution in [2.24, 2.45) is 0 Å². The van der Waals surface area contributed by atoms with Gasteiger partial charge in [0.1, 0.15) is 0 Å². The van der Waals surface area contributed by atoms with Gasteiger partial charge in [-0.25, -0.2) is 0 Å². The maximum absolute atomic E-state index is 4.82. The van der Waals surface area contributed by atoms with E-state index in [0.29, 0.717) is 0 Å². The first-order chi connectivity index (χ1) is 4.97. The smallest absolute Gasteiger partial charge is 0.188 e. The van der Waals surface area contributed by atoms with Gasteiger partial charge in [0.2, 0.25) is 0 Å². The van der Waals surface area contributed by atoms with Crippen LogP contribution in [0.4, 0.5) is 0 Å². The van der Waals surface area contributed by atoms with Crippen LogP contribution in [-0.2, 0) is 0 Å². The Hall–Kier alpha value is -1.16. The minimum absolute atomic E-state index is 0.723. The standard InChI is InChI=1S/C6H4N2OS/c1-2-10-4-5(1)6-3-7-8-9-6/h1-4H. The van der Waals surface area contributed by atoms with Crippen molar-refractivity contribution in [1.29, 1.82) is 0 Å². The second kappa shape index (κ2) is 2.22. The Kier molecular flexibility index (Phi) is 1.25. The Morgan fingerprint density at radius 3 is 3.10 bits per heavy atom. The van der Waals surface area contributed by atoms with Crippen molar-refractivity contribution in [3.63, 3.8) is 0 Å². The summed E-state index contributed by atoms with van der Waals surface area (Å²) in [6.07, 6.45) is 1.60. The fourth-order valence-corrected chi connectivity index (χ4v) is 1.34. The van der Waals surface area contributed by atoms with E-state index in [4.69, 9.17) is 4.52 Å². The van der Waals surface area contributed by atoms with E-state index in [0.717, 1.165) is 11.3 Å². The van der Waals surface area contributed by atoms with Gasteiger partial charge in [-0.1, -0.05) is 0 Å². The van der Waals surface area contributed by atoms with E-state index >= 15 is 0 Å². The molecule has 2 rings (SSSR count). The summed E-state index contributed by atoms with van der Waals surface area (Å²) < 4.78 is 4.82. The van der Waals surface area contributed by atoms with Crippen LogP contribution in [0.1, 0.15) is 0 Å². The van der Waals surface area contributed by atoms with Crippen LogP contribution in [0.25, 0.3) is 11.3 Å². The third kappa shape index (κ3) is 0.823. The largest absolute Gasteiger partial charge is 0.337 e. The molecule has 3 nitrogen and oxygen atoms in total. The molecule has 0 aliphatic heterocycles. The molecule has 2 heterocycles. The zero-order valence-electron chi connectivity index (χ0n) is 5.02. The van der Waals surface area contributed by atoms with Crippen molar-refractivity contribution in [1.82, 2.24) is 10.4 Å². The number of nitrogens with zero attached hydrogens (tertiary/aromatic N) is 2. The van der Waals surface area contributed by atoms with Crippen molar-refractivity contribution in [3.05, 3.63) is 23.0 Å². The highest BCUT2D eigenvalue weighted by Crippen LogP contribution is 2.19. The first-order valence-corrected chi connectivity index (χ1v) is 3.71. The summed E-state index contributed by atoms with van der Waals surface area (Å²) in [5, 5.41) is 10.9. The van der Waals surface area contributed by atoms with Gasteiger partial charge in [0.15, 0.2) is 5.76 Å². The number of hydrogen-bond donors (Lipinski definition) is 0. The highest BCUT2D eigenvalue weighted by molar-refractivity contribution is 7.08. The molecule has 2 aromatic heterocycles. The van der Waals surface area contributed by atoms with Crippen LogP contribution in [0.2, 0.25) is 0 Å². The maximum atomic E-state index is 4.82. The van der Waals surface area contributed by atoms with Gasteiger partial charge in [-0.15, -0.1) is 5.10 Å². The Morgan fingerprint density at radius 2 is 2.50 bits per heavy atom. The van der Waals surface area contributed by atoms with Gasteiger partial charge in [0.25, 0.3) is 0 Å². The lowest BCUT2D eigenvalue weighted by molar-refractivity contribution is 0.404. The zero-order valence-corrected chi connectivity index (χ0v) is 5.84. The quantitative estimate of drug-likeness (QED) is 0.625. The number of aromatic nitrogens is 2. The lowest BCUT2D eigenvalue weighted by Crippen LogP contribution is -1.62. The predicted octanol–water partition coefficient (Wildman–Crippen LogP) is 1.80. The molecule has 0 bridgehead atoms. The SMILES string of the molecule is c1cc(-c2cnno2)cs1. The van der Waals surface area contributed by atoms with Crippen molar-refractivity contribution < 1.29 is 4.52 Å². The van der Waals surface area contributed by atoms with E-state index in [9.17, 15) is 0 Å². The predicted molar refractivity (Wildman–Crippen MR) is 37.6 cm³/mol. The van der Waals surface area contributed by atoms with Crippen LogP contribution >= 0.6 is 11.3 Å². The first kappa shape index (κ1) is 5.61. The average Bonchev–Trinajstić information content (AvgIpc) is 2.59. The second-order valence-corrected chi connectivity index (χ2v) is 2.57. The molecule has 0 saturated heterocycles. The fourth-order valence-electron chi connectivity index (χ4n) is 0.699. The summed E-state index contributed by atoms with van der Waals surface area (Å²) in [5.74, 6) is 0.723. The van der Waals surface area contributed by atoms with Gasteiger partial charge in [-0.05, 0) is 11.4 Å². The van der Waals surface area contributed by atoms with E-state index in [1.165, 1.54) is 0 Å². The van der Waals surface area contributed by atoms with Crippen LogP contribution in [0, 0.1) is 0 Å². The number of hydrogen-bond acceptors (Lipinski definition) is 4. The van der Waals surface area contributed by atoms with Crippen LogP contribution < -0.4 is 0 Å². The second-order valence-electron chi connectivity index (χ2n) is 1.79. The molecule has 0 aromatic carbocycles. The lowest BCUT2D eigenvalue weighted by atomic mass is 10.3. The molecular formula is C6H4N2OS. The van der Waals surface area contributed by atoms with Gasteiger partial charge in [-0.3, -0.25) is 0 Å². The monoisotopic (exact) mass is 152 g/mol. The summed E-state index contributed by atoms with van der Waals surface area (Å²) in [5.41, 5.74) is 1.04. The molecule has 10 heavy (non-hydrogen) atoms. The summed E-state index contributed by atoms with van der Waals surface area (Å²) in [4.78, 5) is 0. The average molecular weight is 152 g/mol. The molecule has 0 radical (unpaired) electrons. The molecular weight excluding hydrogens is 148 g/mol. The molecule has 2 aromatic rings. The molecule has 0 amide bonds. The highest BCUT2D eigenvalue weighted by Gasteiger charge is 2.00. The van der Waals surface area contributed by atoms with Crippen LogP contribution in [-0.4, -0.2) is 10.4 Å². The molecule has 0 aliphatic carbocycles. The van der Waals surface area contributed by atoms with Crippen molar-refractivity contribution in [2.75, 3.05) is 0 Å². The van der Waals surface area contributed by atoms with Crippen LogP contribution in [0.15, 0.2) is 27.5 Å². The van der Waals surface area contributed by atoms with Crippen LogP contribution in [0.5, 0.6) is 0 Å². The first-order valence-electron chi connectivity index (χ1n) is 2.77. The minimum Gasteiger partial charge on any atom is -0.337 e. The van der Waals surface area contributed by atoms with Gasteiger partial charge >= 0.3 is 0 Å². The summed E-state index contributed by atoms with van der Waals surface area (Å²) >= 11 is 1.62. The summed E-state index contributed by atoms with van der Waals surface area (Å²) in [7, 11) is 0.